The zero-order chi connectivity index (χ0) is 15.4. The number of nitrogens with zero attached hydrogens (tertiary/aromatic N) is 3. The van der Waals surface area contributed by atoms with Crippen LogP contribution >= 0.6 is 0 Å². The van der Waals surface area contributed by atoms with Crippen LogP contribution in [0.4, 0.5) is 5.82 Å². The highest BCUT2D eigenvalue weighted by atomic mass is 16.5. The number of ether oxygens (including phenoxy) is 1. The highest BCUT2D eigenvalue weighted by Gasteiger charge is 2.17. The Labute approximate surface area is 123 Å². The normalized spacial score (nSPS) is 11.0. The van der Waals surface area contributed by atoms with Crippen LogP contribution in [0.5, 0.6) is 0 Å². The van der Waals surface area contributed by atoms with Crippen LogP contribution in [-0.2, 0) is 11.3 Å². The predicted octanol–water partition coefficient (Wildman–Crippen LogP) is 0.968. The summed E-state index contributed by atoms with van der Waals surface area (Å²) in [5.74, 6) is 0.538. The van der Waals surface area contributed by atoms with E-state index in [1.54, 1.807) is 19.4 Å². The maximum atomic E-state index is 12.5. The first-order chi connectivity index (χ1) is 10.1. The van der Waals surface area contributed by atoms with Crippen LogP contribution in [0.2, 0.25) is 0 Å². The van der Waals surface area contributed by atoms with Crippen molar-refractivity contribution in [3.8, 4) is 0 Å². The zero-order valence-electron chi connectivity index (χ0n) is 12.7. The summed E-state index contributed by atoms with van der Waals surface area (Å²) in [7, 11) is 1.63. The number of pyridine rings is 1. The minimum absolute atomic E-state index is 0.225. The van der Waals surface area contributed by atoms with Gasteiger partial charge in [-0.1, -0.05) is 6.07 Å². The number of methoxy groups -OCH3 is 1. The first kappa shape index (κ1) is 15.5. The SMILES string of the molecule is CCN(CCOC)c1nc2c(C)cccn2c(=O)c1CO. The first-order valence-corrected chi connectivity index (χ1v) is 6.99. The minimum atomic E-state index is -0.332. The van der Waals surface area contributed by atoms with Crippen LogP contribution in [0.25, 0.3) is 5.65 Å². The quantitative estimate of drug-likeness (QED) is 0.859. The molecule has 0 fully saturated rings. The molecule has 2 rings (SSSR count). The Morgan fingerprint density at radius 2 is 2.24 bits per heavy atom. The van der Waals surface area contributed by atoms with Crippen LogP contribution in [0.15, 0.2) is 23.1 Å². The van der Waals surface area contributed by atoms with Crippen LogP contribution in [-0.4, -0.2) is 41.3 Å². The molecule has 0 radical (unpaired) electrons. The molecule has 21 heavy (non-hydrogen) atoms. The van der Waals surface area contributed by atoms with E-state index in [-0.39, 0.29) is 12.2 Å². The Kier molecular flexibility index (Phi) is 4.93. The third-order valence-corrected chi connectivity index (χ3v) is 3.53. The molecule has 0 saturated heterocycles. The molecule has 0 aromatic carbocycles. The molecule has 2 aromatic heterocycles. The number of anilines is 1. The fourth-order valence-corrected chi connectivity index (χ4v) is 2.34. The molecule has 2 aromatic rings. The standard InChI is InChI=1S/C15H21N3O3/c1-4-17(8-9-21-3)14-12(10-19)15(20)18-7-5-6-11(2)13(18)16-14/h5-7,19H,4,8-10H2,1-3H3. The van der Waals surface area contributed by atoms with Crippen molar-refractivity contribution in [2.45, 2.75) is 20.5 Å². The van der Waals surface area contributed by atoms with Gasteiger partial charge in [0.15, 0.2) is 0 Å². The van der Waals surface area contributed by atoms with Gasteiger partial charge in [-0.3, -0.25) is 9.20 Å². The lowest BCUT2D eigenvalue weighted by Gasteiger charge is -2.24. The van der Waals surface area contributed by atoms with Crippen molar-refractivity contribution in [1.29, 1.82) is 0 Å². The monoisotopic (exact) mass is 291 g/mol. The molecule has 2 heterocycles. The van der Waals surface area contributed by atoms with E-state index in [4.69, 9.17) is 4.74 Å². The van der Waals surface area contributed by atoms with Gasteiger partial charge in [-0.05, 0) is 25.5 Å². The van der Waals surface area contributed by atoms with Crippen molar-refractivity contribution in [3.05, 3.63) is 39.8 Å². The third-order valence-electron chi connectivity index (χ3n) is 3.53. The number of aryl methyl sites for hydroxylation is 1. The summed E-state index contributed by atoms with van der Waals surface area (Å²) in [6, 6.07) is 3.71. The summed E-state index contributed by atoms with van der Waals surface area (Å²) in [6.45, 7) is 5.40. The lowest BCUT2D eigenvalue weighted by atomic mass is 10.2. The molecule has 0 aliphatic rings. The van der Waals surface area contributed by atoms with Crippen molar-refractivity contribution in [1.82, 2.24) is 9.38 Å². The molecular formula is C15H21N3O3. The molecule has 114 valence electrons. The van der Waals surface area contributed by atoms with Crippen LogP contribution in [0.1, 0.15) is 18.1 Å². The molecule has 0 amide bonds. The maximum Gasteiger partial charge on any atom is 0.265 e. The van der Waals surface area contributed by atoms with E-state index >= 15 is 0 Å². The number of hydrogen-bond donors (Lipinski definition) is 1. The van der Waals surface area contributed by atoms with E-state index in [0.29, 0.717) is 36.7 Å². The summed E-state index contributed by atoms with van der Waals surface area (Å²) < 4.78 is 6.58. The number of likely N-dealkylation sites (N-methyl/N-ethyl adjacent to an activating group) is 1. The van der Waals surface area contributed by atoms with Gasteiger partial charge in [0.1, 0.15) is 11.5 Å². The number of fused-ring (bicyclic) bond motifs is 1. The molecule has 0 saturated carbocycles. The Balaban J connectivity index is 2.66. The second-order valence-corrected chi connectivity index (χ2v) is 4.83. The molecule has 0 aliphatic heterocycles. The van der Waals surface area contributed by atoms with E-state index in [1.165, 1.54) is 4.40 Å². The van der Waals surface area contributed by atoms with Gasteiger partial charge >= 0.3 is 0 Å². The summed E-state index contributed by atoms with van der Waals surface area (Å²) in [5.41, 5.74) is 1.63. The zero-order valence-corrected chi connectivity index (χ0v) is 12.7. The lowest BCUT2D eigenvalue weighted by molar-refractivity contribution is 0.205. The fraction of sp³-hybridized carbons (Fsp3) is 0.467. The van der Waals surface area contributed by atoms with Gasteiger partial charge in [-0.2, -0.15) is 0 Å². The second-order valence-electron chi connectivity index (χ2n) is 4.83. The van der Waals surface area contributed by atoms with Crippen molar-refractivity contribution in [2.75, 3.05) is 31.7 Å². The van der Waals surface area contributed by atoms with Gasteiger partial charge in [0, 0.05) is 26.4 Å². The van der Waals surface area contributed by atoms with Crippen molar-refractivity contribution >= 4 is 11.5 Å². The molecule has 0 unspecified atom stereocenters. The summed E-state index contributed by atoms with van der Waals surface area (Å²) in [6.07, 6.45) is 1.67. The minimum Gasteiger partial charge on any atom is -0.391 e. The van der Waals surface area contributed by atoms with Crippen molar-refractivity contribution < 1.29 is 9.84 Å². The Bertz CT molecular complexity index is 682. The number of aromatic nitrogens is 2. The van der Waals surface area contributed by atoms with Gasteiger partial charge in [0.05, 0.1) is 18.8 Å². The van der Waals surface area contributed by atoms with E-state index in [1.807, 2.05) is 24.8 Å². The molecule has 6 nitrogen and oxygen atoms in total. The molecule has 1 N–H and O–H groups in total. The van der Waals surface area contributed by atoms with Gasteiger partial charge in [0.25, 0.3) is 5.56 Å². The third kappa shape index (κ3) is 2.91. The summed E-state index contributed by atoms with van der Waals surface area (Å²) in [5, 5.41) is 9.59. The van der Waals surface area contributed by atoms with Crippen LogP contribution < -0.4 is 10.5 Å². The van der Waals surface area contributed by atoms with Crippen LogP contribution in [0.3, 0.4) is 0 Å². The molecular weight excluding hydrogens is 270 g/mol. The van der Waals surface area contributed by atoms with Gasteiger partial charge in [-0.25, -0.2) is 4.98 Å². The molecule has 0 spiro atoms. The molecule has 6 heteroatoms. The Morgan fingerprint density at radius 1 is 1.48 bits per heavy atom. The largest absolute Gasteiger partial charge is 0.391 e. The van der Waals surface area contributed by atoms with E-state index in [9.17, 15) is 9.90 Å². The average molecular weight is 291 g/mol. The topological polar surface area (TPSA) is 67.1 Å². The number of aliphatic hydroxyl groups is 1. The molecule has 0 aliphatic carbocycles. The van der Waals surface area contributed by atoms with Crippen molar-refractivity contribution in [2.24, 2.45) is 0 Å². The van der Waals surface area contributed by atoms with Gasteiger partial charge in [-0.15, -0.1) is 0 Å². The highest BCUT2D eigenvalue weighted by Crippen LogP contribution is 2.17. The smallest absolute Gasteiger partial charge is 0.265 e. The Morgan fingerprint density at radius 3 is 2.86 bits per heavy atom. The maximum absolute atomic E-state index is 12.5. The first-order valence-electron chi connectivity index (χ1n) is 6.99. The Hall–Kier alpha value is -1.92. The molecule has 0 bridgehead atoms. The number of aliphatic hydroxyl groups excluding tert-OH is 1. The van der Waals surface area contributed by atoms with Crippen LogP contribution in [0, 0.1) is 6.92 Å². The van der Waals surface area contributed by atoms with E-state index in [0.717, 1.165) is 5.56 Å². The van der Waals surface area contributed by atoms with Crippen molar-refractivity contribution in [3.63, 3.8) is 0 Å². The lowest BCUT2D eigenvalue weighted by Crippen LogP contribution is -2.32. The van der Waals surface area contributed by atoms with E-state index < -0.39 is 0 Å². The summed E-state index contributed by atoms with van der Waals surface area (Å²) >= 11 is 0. The van der Waals surface area contributed by atoms with Gasteiger partial charge in [0.2, 0.25) is 0 Å². The average Bonchev–Trinajstić information content (AvgIpc) is 2.49. The summed E-state index contributed by atoms with van der Waals surface area (Å²) in [4.78, 5) is 19.1. The second kappa shape index (κ2) is 6.69. The predicted molar refractivity (Wildman–Crippen MR) is 81.9 cm³/mol. The van der Waals surface area contributed by atoms with Gasteiger partial charge < -0.3 is 14.7 Å². The fourth-order valence-electron chi connectivity index (χ4n) is 2.34. The van der Waals surface area contributed by atoms with E-state index in [2.05, 4.69) is 4.98 Å². The highest BCUT2D eigenvalue weighted by molar-refractivity contribution is 5.56. The molecule has 0 atom stereocenters. The number of hydrogen-bond acceptors (Lipinski definition) is 5. The number of rotatable bonds is 6.